The van der Waals surface area contributed by atoms with Gasteiger partial charge in [0.2, 0.25) is 0 Å². The van der Waals surface area contributed by atoms with E-state index in [1.807, 2.05) is 0 Å². The molecule has 197 valence electrons. The molecule has 0 aromatic heterocycles. The van der Waals surface area contributed by atoms with Crippen LogP contribution in [0.3, 0.4) is 0 Å². The summed E-state index contributed by atoms with van der Waals surface area (Å²) in [7, 11) is 0. The molecule has 0 aromatic rings. The molecular weight excluding hydrogens is 512 g/mol. The zero-order valence-corrected chi connectivity index (χ0v) is 23.5. The van der Waals surface area contributed by atoms with Crippen LogP contribution in [-0.4, -0.2) is 27.2 Å². The van der Waals surface area contributed by atoms with Crippen LogP contribution in [0.5, 0.6) is 0 Å². The van der Waals surface area contributed by atoms with Gasteiger partial charge in [0.15, 0.2) is 0 Å². The van der Waals surface area contributed by atoms with Gasteiger partial charge in [-0.2, -0.15) is 0 Å². The topological polar surface area (TPSA) is 68.3 Å². The van der Waals surface area contributed by atoms with E-state index in [4.69, 9.17) is 19.2 Å². The first-order valence-corrected chi connectivity index (χ1v) is 12.3. The maximum atomic E-state index is 7.75. The van der Waals surface area contributed by atoms with E-state index in [-0.39, 0.29) is 34.1 Å². The number of hydrogen-bond donors (Lipinski definition) is 0. The molecule has 0 aromatic carbocycles. The second-order valence-corrected chi connectivity index (χ2v) is 11.9. The largest absolute Gasteiger partial charge is 3.00 e. The Bertz CT molecular complexity index is 531. The molecule has 4 nitrogen and oxygen atoms in total. The van der Waals surface area contributed by atoms with Crippen molar-refractivity contribution in [2.75, 3.05) is 0 Å². The van der Waals surface area contributed by atoms with Gasteiger partial charge in [0.05, 0.1) is 0 Å². The quantitative estimate of drug-likeness (QED) is 0.214. The molecule has 34 heavy (non-hydrogen) atoms. The van der Waals surface area contributed by atoms with Crippen molar-refractivity contribution in [3.05, 3.63) is 0 Å². The Morgan fingerprint density at radius 2 is 0.824 bits per heavy atom. The maximum absolute atomic E-state index is 7.75. The zero-order chi connectivity index (χ0) is 24.7. The molecule has 4 bridgehead atoms. The number of carbonyl (C=O) groups excluding carboxylic acids is 4. The van der Waals surface area contributed by atoms with Crippen LogP contribution < -0.4 is 0 Å². The molecule has 8 fully saturated rings. The molecule has 0 heterocycles. The standard InChI is InChI=1S/2C12H20.4CHO.2Fe/c2*1-12(2)9-6-8-4-3-5-10(8)11(12)7-9;4*1-2;;/h2*8-11H,3-7H2,1-2H3;4*1H;;/q;;4*-1;;+3. The zero-order valence-electron chi connectivity index (χ0n) is 21.3. The van der Waals surface area contributed by atoms with Crippen LogP contribution in [0.2, 0.25) is 0 Å². The molecule has 6 heteroatoms. The van der Waals surface area contributed by atoms with E-state index in [2.05, 4.69) is 54.9 Å². The number of rotatable bonds is 0. The molecule has 0 N–H and O–H groups in total. The SMILES string of the molecule is CC1(C)C2CC3CCCC3C1C2.CC1(C)C2CC3CCCC3C1C2.[CH-]=O.[CH-]=O.[CH-]=O.[CH-]=O.[Fe+3].[Fe]. The molecule has 0 saturated heterocycles. The van der Waals surface area contributed by atoms with Crippen LogP contribution in [-0.2, 0) is 53.3 Å². The molecule has 8 aliphatic carbocycles. The molecule has 8 atom stereocenters. The first-order chi connectivity index (χ1) is 15.4. The third-order valence-electron chi connectivity index (χ3n) is 10.7. The fourth-order valence-corrected chi connectivity index (χ4v) is 8.87. The van der Waals surface area contributed by atoms with Crippen molar-refractivity contribution in [3.8, 4) is 0 Å². The van der Waals surface area contributed by atoms with Crippen molar-refractivity contribution in [1.82, 2.24) is 0 Å². The van der Waals surface area contributed by atoms with Gasteiger partial charge in [-0.3, -0.25) is 27.2 Å². The van der Waals surface area contributed by atoms with Crippen molar-refractivity contribution >= 4 is 27.2 Å². The van der Waals surface area contributed by atoms with E-state index >= 15 is 0 Å². The van der Waals surface area contributed by atoms with Gasteiger partial charge in [0.1, 0.15) is 0 Å². The molecule has 0 spiro atoms. The molecule has 8 unspecified atom stereocenters. The molecule has 8 aliphatic rings. The van der Waals surface area contributed by atoms with E-state index < -0.39 is 0 Å². The summed E-state index contributed by atoms with van der Waals surface area (Å²) in [6, 6.07) is 0. The van der Waals surface area contributed by atoms with Crippen LogP contribution in [0.15, 0.2) is 0 Å². The summed E-state index contributed by atoms with van der Waals surface area (Å²) in [5.74, 6) is 9.02. The summed E-state index contributed by atoms with van der Waals surface area (Å²) in [5, 5.41) is 0. The Kier molecular flexibility index (Phi) is 16.6. The third kappa shape index (κ3) is 6.53. The van der Waals surface area contributed by atoms with E-state index in [1.165, 1.54) is 12.8 Å². The fourth-order valence-electron chi connectivity index (χ4n) is 8.87. The monoisotopic (exact) mass is 556 g/mol. The fraction of sp³-hybridized carbons (Fsp3) is 0.857. The van der Waals surface area contributed by atoms with Crippen molar-refractivity contribution in [1.29, 1.82) is 0 Å². The van der Waals surface area contributed by atoms with E-state index in [1.54, 1.807) is 51.4 Å². The Morgan fingerprint density at radius 1 is 0.529 bits per heavy atom. The molecular formula is C28H44Fe2O4-. The van der Waals surface area contributed by atoms with Gasteiger partial charge in [0, 0.05) is 17.1 Å². The first kappa shape index (κ1) is 35.9. The van der Waals surface area contributed by atoms with Crippen LogP contribution >= 0.6 is 0 Å². The van der Waals surface area contributed by atoms with Crippen molar-refractivity contribution < 1.29 is 53.3 Å². The predicted molar refractivity (Wildman–Crippen MR) is 129 cm³/mol. The van der Waals surface area contributed by atoms with Gasteiger partial charge in [-0.25, -0.2) is 0 Å². The molecule has 8 rings (SSSR count). The van der Waals surface area contributed by atoms with Crippen molar-refractivity contribution in [3.63, 3.8) is 0 Å². The van der Waals surface area contributed by atoms with Crippen LogP contribution in [0.4, 0.5) is 0 Å². The van der Waals surface area contributed by atoms with Gasteiger partial charge in [-0.1, -0.05) is 53.4 Å². The summed E-state index contributed by atoms with van der Waals surface area (Å²) in [6.45, 7) is 23.1. The third-order valence-corrected chi connectivity index (χ3v) is 10.7. The van der Waals surface area contributed by atoms with Crippen LogP contribution in [0, 0.1) is 58.2 Å². The van der Waals surface area contributed by atoms with Crippen LogP contribution in [0.25, 0.3) is 0 Å². The summed E-state index contributed by atoms with van der Waals surface area (Å²) in [5.41, 5.74) is 1.46. The maximum Gasteiger partial charge on any atom is 3.00 e. The minimum absolute atomic E-state index is 0. The summed E-state index contributed by atoms with van der Waals surface area (Å²) < 4.78 is 0. The Balaban J connectivity index is 0. The van der Waals surface area contributed by atoms with E-state index in [9.17, 15) is 0 Å². The second kappa shape index (κ2) is 15.7. The second-order valence-electron chi connectivity index (χ2n) is 11.9. The Morgan fingerprint density at radius 3 is 1.09 bits per heavy atom. The Labute approximate surface area is 229 Å². The molecule has 1 radical (unpaired) electrons. The van der Waals surface area contributed by atoms with Crippen molar-refractivity contribution in [2.45, 2.75) is 91.9 Å². The van der Waals surface area contributed by atoms with Gasteiger partial charge in [0.25, 0.3) is 0 Å². The normalized spacial score (nSPS) is 38.9. The van der Waals surface area contributed by atoms with Gasteiger partial charge in [-0.15, -0.1) is 0 Å². The molecule has 0 amide bonds. The minimum atomic E-state index is 0. The van der Waals surface area contributed by atoms with Crippen LogP contribution in [0.1, 0.15) is 91.9 Å². The van der Waals surface area contributed by atoms with Gasteiger partial charge < -0.3 is 19.2 Å². The van der Waals surface area contributed by atoms with Gasteiger partial charge >= 0.3 is 17.1 Å². The van der Waals surface area contributed by atoms with Crippen molar-refractivity contribution in [2.24, 2.45) is 58.2 Å². The van der Waals surface area contributed by atoms with Gasteiger partial charge in [-0.05, 0) is 96.7 Å². The summed E-state index contributed by atoms with van der Waals surface area (Å²) >= 11 is 0. The average Bonchev–Trinajstić information content (AvgIpc) is 3.53. The summed E-state index contributed by atoms with van der Waals surface area (Å²) in [6.07, 6.45) is 15.6. The molecule has 8 saturated carbocycles. The van der Waals surface area contributed by atoms with E-state index in [0.29, 0.717) is 0 Å². The molecule has 0 aliphatic heterocycles. The number of hydrogen-bond acceptors (Lipinski definition) is 4. The minimum Gasteiger partial charge on any atom is -0.545 e. The smallest absolute Gasteiger partial charge is 0.545 e. The predicted octanol–water partition coefficient (Wildman–Crippen LogP) is 5.84. The van der Waals surface area contributed by atoms with E-state index in [0.717, 1.165) is 58.2 Å². The first-order valence-electron chi connectivity index (χ1n) is 12.3. The average molecular weight is 556 g/mol. The Hall–Kier alpha value is -0.281. The summed E-state index contributed by atoms with van der Waals surface area (Å²) in [4.78, 5) is 31.0.